The van der Waals surface area contributed by atoms with E-state index in [1.165, 1.54) is 25.7 Å². The van der Waals surface area contributed by atoms with E-state index >= 15 is 0 Å². The molecule has 1 saturated carbocycles. The highest BCUT2D eigenvalue weighted by Crippen LogP contribution is 2.32. The Labute approximate surface area is 116 Å². The Morgan fingerprint density at radius 2 is 1.84 bits per heavy atom. The van der Waals surface area contributed by atoms with Crippen LogP contribution < -0.4 is 5.32 Å². The third-order valence-corrected chi connectivity index (χ3v) is 4.68. The molecule has 106 valence electrons. The predicted molar refractivity (Wildman–Crippen MR) is 79.4 cm³/mol. The molecule has 19 heavy (non-hydrogen) atoms. The summed E-state index contributed by atoms with van der Waals surface area (Å²) in [6.45, 7) is 2.18. The number of nitrogens with zero attached hydrogens (tertiary/aromatic N) is 1. The smallest absolute Gasteiger partial charge is 0.120 e. The second kappa shape index (κ2) is 6.40. The number of nitrogens with one attached hydrogen (secondary N) is 1. The van der Waals surface area contributed by atoms with Crippen LogP contribution in [0.3, 0.4) is 0 Å². The zero-order valence-electron chi connectivity index (χ0n) is 12.3. The topological polar surface area (TPSA) is 35.5 Å². The van der Waals surface area contributed by atoms with Crippen molar-refractivity contribution >= 4 is 0 Å². The first-order valence-electron chi connectivity index (χ1n) is 7.30. The molecule has 2 N–H and O–H groups in total. The molecule has 1 aromatic carbocycles. The van der Waals surface area contributed by atoms with Crippen molar-refractivity contribution in [1.29, 1.82) is 0 Å². The highest BCUT2D eigenvalue weighted by Gasteiger charge is 2.26. The molecule has 0 bridgehead atoms. The fourth-order valence-corrected chi connectivity index (χ4v) is 3.15. The van der Waals surface area contributed by atoms with Crippen molar-refractivity contribution in [3.63, 3.8) is 0 Å². The van der Waals surface area contributed by atoms with E-state index in [4.69, 9.17) is 0 Å². The quantitative estimate of drug-likeness (QED) is 0.876. The Morgan fingerprint density at radius 3 is 2.42 bits per heavy atom. The summed E-state index contributed by atoms with van der Waals surface area (Å²) in [5, 5.41) is 13.3. The number of aromatic hydroxyl groups is 1. The van der Waals surface area contributed by atoms with Crippen LogP contribution in [0.15, 0.2) is 24.3 Å². The first kappa shape index (κ1) is 14.4. The molecule has 0 heterocycles. The van der Waals surface area contributed by atoms with Crippen molar-refractivity contribution in [2.45, 2.75) is 50.7 Å². The number of rotatable bonds is 4. The number of phenolic OH excluding ortho intramolecular Hbond substituents is 1. The molecule has 3 nitrogen and oxygen atoms in total. The predicted octanol–water partition coefficient (Wildman–Crippen LogP) is 2.92. The van der Waals surface area contributed by atoms with Crippen LogP contribution in [-0.4, -0.2) is 36.2 Å². The molecule has 1 aromatic rings. The fourth-order valence-electron chi connectivity index (χ4n) is 3.15. The van der Waals surface area contributed by atoms with Crippen LogP contribution in [0, 0.1) is 0 Å². The fraction of sp³-hybridized carbons (Fsp3) is 0.625. The summed E-state index contributed by atoms with van der Waals surface area (Å²) in [7, 11) is 4.24. The molecule has 0 spiro atoms. The Balaban J connectivity index is 2.00. The van der Waals surface area contributed by atoms with Crippen molar-refractivity contribution in [2.24, 2.45) is 0 Å². The van der Waals surface area contributed by atoms with Gasteiger partial charge in [-0.05, 0) is 52.8 Å². The zero-order valence-corrected chi connectivity index (χ0v) is 12.3. The minimum absolute atomic E-state index is 0.261. The van der Waals surface area contributed by atoms with E-state index in [9.17, 15) is 5.11 Å². The maximum absolute atomic E-state index is 9.97. The first-order valence-corrected chi connectivity index (χ1v) is 7.30. The maximum atomic E-state index is 9.97. The number of para-hydroxylation sites is 1. The summed E-state index contributed by atoms with van der Waals surface area (Å²) in [6, 6.07) is 9.25. The highest BCUT2D eigenvalue weighted by atomic mass is 16.3. The Hall–Kier alpha value is -1.06. The summed E-state index contributed by atoms with van der Waals surface area (Å²) in [6.07, 6.45) is 4.97. The number of hydrogen-bond donors (Lipinski definition) is 2. The van der Waals surface area contributed by atoms with Gasteiger partial charge in [-0.3, -0.25) is 4.90 Å². The molecule has 1 unspecified atom stereocenters. The van der Waals surface area contributed by atoms with Gasteiger partial charge < -0.3 is 10.4 Å². The van der Waals surface area contributed by atoms with Gasteiger partial charge in [0.05, 0.1) is 0 Å². The largest absolute Gasteiger partial charge is 0.508 e. The van der Waals surface area contributed by atoms with Crippen LogP contribution in [0.25, 0.3) is 0 Å². The van der Waals surface area contributed by atoms with Gasteiger partial charge in [0.1, 0.15) is 5.75 Å². The van der Waals surface area contributed by atoms with Crippen molar-refractivity contribution in [2.75, 3.05) is 14.1 Å². The van der Waals surface area contributed by atoms with Gasteiger partial charge in [-0.2, -0.15) is 0 Å². The Kier molecular flexibility index (Phi) is 4.83. The SMILES string of the molecule is CNC1CCC(N(C)C(C)c2ccccc2O)CC1. The lowest BCUT2D eigenvalue weighted by atomic mass is 9.89. The summed E-state index contributed by atoms with van der Waals surface area (Å²) in [5.41, 5.74) is 1.03. The van der Waals surface area contributed by atoms with E-state index in [1.54, 1.807) is 6.07 Å². The van der Waals surface area contributed by atoms with Gasteiger partial charge in [-0.15, -0.1) is 0 Å². The average molecular weight is 262 g/mol. The summed E-state index contributed by atoms with van der Waals surface area (Å²) >= 11 is 0. The molecule has 0 radical (unpaired) electrons. The van der Waals surface area contributed by atoms with Crippen LogP contribution in [0.4, 0.5) is 0 Å². The lowest BCUT2D eigenvalue weighted by Gasteiger charge is -2.38. The molecular weight excluding hydrogens is 236 g/mol. The molecule has 1 aliphatic carbocycles. The lowest BCUT2D eigenvalue weighted by Crippen LogP contribution is -2.40. The van der Waals surface area contributed by atoms with Gasteiger partial charge >= 0.3 is 0 Å². The standard InChI is InChI=1S/C16H26N2O/c1-12(15-6-4-5-7-16(15)19)18(3)14-10-8-13(17-2)9-11-14/h4-7,12-14,17,19H,8-11H2,1-3H3. The van der Waals surface area contributed by atoms with Crippen molar-refractivity contribution in [1.82, 2.24) is 10.2 Å². The number of phenols is 1. The van der Waals surface area contributed by atoms with E-state index in [1.807, 2.05) is 18.2 Å². The van der Waals surface area contributed by atoms with Crippen LogP contribution in [0.2, 0.25) is 0 Å². The third kappa shape index (κ3) is 3.28. The van der Waals surface area contributed by atoms with E-state index in [2.05, 4.69) is 31.2 Å². The second-order valence-corrected chi connectivity index (χ2v) is 5.69. The monoisotopic (exact) mass is 262 g/mol. The van der Waals surface area contributed by atoms with Crippen molar-refractivity contribution in [3.8, 4) is 5.75 Å². The lowest BCUT2D eigenvalue weighted by molar-refractivity contribution is 0.134. The molecule has 0 aliphatic heterocycles. The van der Waals surface area contributed by atoms with Crippen molar-refractivity contribution < 1.29 is 5.11 Å². The molecule has 1 fully saturated rings. The van der Waals surface area contributed by atoms with E-state index in [0.717, 1.165) is 5.56 Å². The first-order chi connectivity index (χ1) is 9.13. The summed E-state index contributed by atoms with van der Waals surface area (Å²) < 4.78 is 0. The Bertz CT molecular complexity index is 399. The zero-order chi connectivity index (χ0) is 13.8. The van der Waals surface area contributed by atoms with E-state index in [-0.39, 0.29) is 6.04 Å². The number of hydrogen-bond acceptors (Lipinski definition) is 3. The minimum atomic E-state index is 0.261. The van der Waals surface area contributed by atoms with Gasteiger partial charge in [0.25, 0.3) is 0 Å². The molecule has 0 amide bonds. The highest BCUT2D eigenvalue weighted by molar-refractivity contribution is 5.34. The molecule has 1 aliphatic rings. The molecule has 0 saturated heterocycles. The summed E-state index contributed by atoms with van der Waals surface area (Å²) in [4.78, 5) is 2.42. The van der Waals surface area contributed by atoms with Crippen LogP contribution in [0.5, 0.6) is 5.75 Å². The van der Waals surface area contributed by atoms with E-state index < -0.39 is 0 Å². The van der Waals surface area contributed by atoms with Gasteiger partial charge in [-0.25, -0.2) is 0 Å². The van der Waals surface area contributed by atoms with Crippen LogP contribution in [-0.2, 0) is 0 Å². The maximum Gasteiger partial charge on any atom is 0.120 e. The van der Waals surface area contributed by atoms with Gasteiger partial charge in [0, 0.05) is 23.7 Å². The van der Waals surface area contributed by atoms with Gasteiger partial charge in [0.2, 0.25) is 0 Å². The van der Waals surface area contributed by atoms with Crippen LogP contribution >= 0.6 is 0 Å². The molecular formula is C16H26N2O. The van der Waals surface area contributed by atoms with Crippen LogP contribution in [0.1, 0.15) is 44.2 Å². The van der Waals surface area contributed by atoms with Gasteiger partial charge in [0.15, 0.2) is 0 Å². The van der Waals surface area contributed by atoms with Gasteiger partial charge in [-0.1, -0.05) is 18.2 Å². The average Bonchev–Trinajstić information content (AvgIpc) is 2.46. The number of benzene rings is 1. The third-order valence-electron chi connectivity index (χ3n) is 4.68. The minimum Gasteiger partial charge on any atom is -0.508 e. The van der Waals surface area contributed by atoms with Crippen molar-refractivity contribution in [3.05, 3.63) is 29.8 Å². The van der Waals surface area contributed by atoms with E-state index in [0.29, 0.717) is 17.8 Å². The second-order valence-electron chi connectivity index (χ2n) is 5.69. The summed E-state index contributed by atoms with van der Waals surface area (Å²) in [5.74, 6) is 0.408. The molecule has 0 aromatic heterocycles. The molecule has 1 atom stereocenters. The molecule has 3 heteroatoms. The normalized spacial score (nSPS) is 25.5. The Morgan fingerprint density at radius 1 is 1.21 bits per heavy atom. The molecule has 2 rings (SSSR count).